The third kappa shape index (κ3) is 4.52. The number of hydrogen-bond acceptors (Lipinski definition) is 2. The van der Waals surface area contributed by atoms with Gasteiger partial charge in [-0.1, -0.05) is 39.5 Å². The van der Waals surface area contributed by atoms with E-state index in [1.165, 1.54) is 38.5 Å². The van der Waals surface area contributed by atoms with E-state index in [1.54, 1.807) is 0 Å². The van der Waals surface area contributed by atoms with Crippen LogP contribution in [0.4, 0.5) is 0 Å². The van der Waals surface area contributed by atoms with E-state index in [9.17, 15) is 5.11 Å². The van der Waals surface area contributed by atoms with Crippen molar-refractivity contribution in [2.75, 3.05) is 6.61 Å². The number of rotatable bonds is 6. The van der Waals surface area contributed by atoms with Crippen molar-refractivity contribution in [3.05, 3.63) is 0 Å². The van der Waals surface area contributed by atoms with Gasteiger partial charge in [0.15, 0.2) is 6.29 Å². The first-order chi connectivity index (χ1) is 7.27. The highest BCUT2D eigenvalue weighted by atomic mass is 16.6. The van der Waals surface area contributed by atoms with E-state index < -0.39 is 6.29 Å². The highest BCUT2D eigenvalue weighted by molar-refractivity contribution is 4.73. The van der Waals surface area contributed by atoms with Crippen LogP contribution in [0.1, 0.15) is 58.8 Å². The average Bonchev–Trinajstić information content (AvgIpc) is 2.26. The molecule has 0 aromatic carbocycles. The van der Waals surface area contributed by atoms with E-state index in [1.807, 2.05) is 0 Å². The van der Waals surface area contributed by atoms with Crippen LogP contribution in [0, 0.1) is 11.8 Å². The van der Waals surface area contributed by atoms with Crippen molar-refractivity contribution in [1.29, 1.82) is 0 Å². The predicted octanol–water partition coefficient (Wildman–Crippen LogP) is 3.34. The molecule has 1 fully saturated rings. The molecule has 1 saturated heterocycles. The average molecular weight is 214 g/mol. The van der Waals surface area contributed by atoms with Crippen molar-refractivity contribution in [3.63, 3.8) is 0 Å². The monoisotopic (exact) mass is 214 g/mol. The summed E-state index contributed by atoms with van der Waals surface area (Å²) in [5.41, 5.74) is 0. The maximum absolute atomic E-state index is 9.72. The van der Waals surface area contributed by atoms with Gasteiger partial charge in [-0.05, 0) is 25.2 Å². The van der Waals surface area contributed by atoms with Gasteiger partial charge in [-0.3, -0.25) is 0 Å². The summed E-state index contributed by atoms with van der Waals surface area (Å²) in [5.74, 6) is 1.08. The quantitative estimate of drug-likeness (QED) is 0.735. The summed E-state index contributed by atoms with van der Waals surface area (Å²) in [4.78, 5) is 0. The molecular formula is C13H26O2. The predicted molar refractivity (Wildman–Crippen MR) is 62.6 cm³/mol. The molecule has 1 rings (SSSR count). The van der Waals surface area contributed by atoms with Gasteiger partial charge in [-0.2, -0.15) is 0 Å². The molecule has 0 radical (unpaired) electrons. The Hall–Kier alpha value is -0.0800. The molecule has 3 atom stereocenters. The Morgan fingerprint density at radius 1 is 1.13 bits per heavy atom. The number of aliphatic hydroxyl groups is 1. The van der Waals surface area contributed by atoms with Crippen LogP contribution in [0.25, 0.3) is 0 Å². The normalized spacial score (nSPS) is 31.8. The van der Waals surface area contributed by atoms with Crippen LogP contribution in [0.15, 0.2) is 0 Å². The van der Waals surface area contributed by atoms with E-state index in [0.29, 0.717) is 11.8 Å². The molecule has 0 saturated carbocycles. The number of unbranched alkanes of at least 4 members (excludes halogenated alkanes) is 2. The Balaban J connectivity index is 2.27. The zero-order valence-corrected chi connectivity index (χ0v) is 10.2. The molecule has 0 aliphatic carbocycles. The molecular weight excluding hydrogens is 188 g/mol. The number of aliphatic hydroxyl groups excluding tert-OH is 1. The number of ether oxygens (including phenoxy) is 1. The highest BCUT2D eigenvalue weighted by Gasteiger charge is 2.28. The Morgan fingerprint density at radius 2 is 1.80 bits per heavy atom. The molecule has 1 heterocycles. The SMILES string of the molecule is CCCCC1COC(O)C(CCCC)C1. The zero-order valence-electron chi connectivity index (χ0n) is 10.2. The van der Waals surface area contributed by atoms with Crippen LogP contribution in [-0.2, 0) is 4.74 Å². The minimum atomic E-state index is -0.491. The minimum Gasteiger partial charge on any atom is -0.368 e. The lowest BCUT2D eigenvalue weighted by molar-refractivity contribution is -0.177. The van der Waals surface area contributed by atoms with Gasteiger partial charge in [0.05, 0.1) is 6.61 Å². The Labute approximate surface area is 94.0 Å². The van der Waals surface area contributed by atoms with Gasteiger partial charge in [0.2, 0.25) is 0 Å². The topological polar surface area (TPSA) is 29.5 Å². The molecule has 2 heteroatoms. The zero-order chi connectivity index (χ0) is 11.1. The van der Waals surface area contributed by atoms with Gasteiger partial charge in [0, 0.05) is 5.92 Å². The van der Waals surface area contributed by atoms with Crippen molar-refractivity contribution < 1.29 is 9.84 Å². The van der Waals surface area contributed by atoms with E-state index in [0.717, 1.165) is 13.0 Å². The summed E-state index contributed by atoms with van der Waals surface area (Å²) in [7, 11) is 0. The van der Waals surface area contributed by atoms with Crippen LogP contribution < -0.4 is 0 Å². The molecule has 0 aromatic rings. The molecule has 0 spiro atoms. The molecule has 0 aromatic heterocycles. The van der Waals surface area contributed by atoms with Crippen LogP contribution in [-0.4, -0.2) is 18.0 Å². The second-order valence-corrected chi connectivity index (χ2v) is 4.87. The summed E-state index contributed by atoms with van der Waals surface area (Å²) in [5, 5.41) is 9.72. The van der Waals surface area contributed by atoms with Crippen LogP contribution in [0.3, 0.4) is 0 Å². The fourth-order valence-corrected chi connectivity index (χ4v) is 2.40. The van der Waals surface area contributed by atoms with Crippen LogP contribution in [0.5, 0.6) is 0 Å². The fraction of sp³-hybridized carbons (Fsp3) is 1.00. The van der Waals surface area contributed by atoms with Crippen molar-refractivity contribution >= 4 is 0 Å². The van der Waals surface area contributed by atoms with Gasteiger partial charge < -0.3 is 9.84 Å². The molecule has 2 nitrogen and oxygen atoms in total. The standard InChI is InChI=1S/C13H26O2/c1-3-5-7-11-9-12(8-6-4-2)13(14)15-10-11/h11-14H,3-10H2,1-2H3. The molecule has 1 aliphatic heterocycles. The molecule has 90 valence electrons. The van der Waals surface area contributed by atoms with Gasteiger partial charge in [0.25, 0.3) is 0 Å². The lowest BCUT2D eigenvalue weighted by atomic mass is 9.85. The summed E-state index contributed by atoms with van der Waals surface area (Å²) < 4.78 is 5.45. The maximum atomic E-state index is 9.72. The largest absolute Gasteiger partial charge is 0.368 e. The second kappa shape index (κ2) is 7.24. The van der Waals surface area contributed by atoms with E-state index in [4.69, 9.17) is 4.74 Å². The van der Waals surface area contributed by atoms with E-state index in [-0.39, 0.29) is 0 Å². The third-order valence-electron chi connectivity index (χ3n) is 3.44. The molecule has 1 aliphatic rings. The minimum absolute atomic E-state index is 0.389. The fourth-order valence-electron chi connectivity index (χ4n) is 2.40. The first-order valence-electron chi connectivity index (χ1n) is 6.57. The summed E-state index contributed by atoms with van der Waals surface area (Å²) in [6.45, 7) is 5.20. The smallest absolute Gasteiger partial charge is 0.157 e. The highest BCUT2D eigenvalue weighted by Crippen LogP contribution is 2.30. The first kappa shape index (κ1) is 13.0. The summed E-state index contributed by atoms with van der Waals surface area (Å²) >= 11 is 0. The molecule has 1 N–H and O–H groups in total. The van der Waals surface area contributed by atoms with Gasteiger partial charge in [0.1, 0.15) is 0 Å². The Kier molecular flexibility index (Phi) is 6.26. The Morgan fingerprint density at radius 3 is 2.47 bits per heavy atom. The second-order valence-electron chi connectivity index (χ2n) is 4.87. The van der Waals surface area contributed by atoms with Crippen LogP contribution in [0.2, 0.25) is 0 Å². The lowest BCUT2D eigenvalue weighted by Crippen LogP contribution is -2.34. The maximum Gasteiger partial charge on any atom is 0.157 e. The lowest BCUT2D eigenvalue weighted by Gasteiger charge is -2.33. The van der Waals surface area contributed by atoms with Crippen LogP contribution >= 0.6 is 0 Å². The van der Waals surface area contributed by atoms with Crippen molar-refractivity contribution in [2.45, 2.75) is 65.1 Å². The Bertz CT molecular complexity index is 157. The van der Waals surface area contributed by atoms with Crippen molar-refractivity contribution in [3.8, 4) is 0 Å². The number of hydrogen-bond donors (Lipinski definition) is 1. The van der Waals surface area contributed by atoms with Gasteiger partial charge >= 0.3 is 0 Å². The van der Waals surface area contributed by atoms with Crippen molar-refractivity contribution in [1.82, 2.24) is 0 Å². The summed E-state index contributed by atoms with van der Waals surface area (Å²) in [6, 6.07) is 0. The van der Waals surface area contributed by atoms with E-state index >= 15 is 0 Å². The van der Waals surface area contributed by atoms with Gasteiger partial charge in [-0.15, -0.1) is 0 Å². The summed E-state index contributed by atoms with van der Waals surface area (Å²) in [6.07, 6.45) is 8.06. The van der Waals surface area contributed by atoms with E-state index in [2.05, 4.69) is 13.8 Å². The molecule has 0 amide bonds. The third-order valence-corrected chi connectivity index (χ3v) is 3.44. The first-order valence-corrected chi connectivity index (χ1v) is 6.57. The molecule has 3 unspecified atom stereocenters. The van der Waals surface area contributed by atoms with Crippen molar-refractivity contribution in [2.24, 2.45) is 11.8 Å². The van der Waals surface area contributed by atoms with Gasteiger partial charge in [-0.25, -0.2) is 0 Å². The molecule has 15 heavy (non-hydrogen) atoms. The molecule has 0 bridgehead atoms.